The van der Waals surface area contributed by atoms with Gasteiger partial charge in [0.2, 0.25) is 0 Å². The fourth-order valence-corrected chi connectivity index (χ4v) is 2.18. The van der Waals surface area contributed by atoms with Crippen LogP contribution in [0.15, 0.2) is 42.5 Å². The van der Waals surface area contributed by atoms with E-state index in [2.05, 4.69) is 5.32 Å². The molecule has 0 radical (unpaired) electrons. The maximum atomic E-state index is 13.5. The summed E-state index contributed by atoms with van der Waals surface area (Å²) >= 11 is 0. The average Bonchev–Trinajstić information content (AvgIpc) is 2.55. The Morgan fingerprint density at radius 3 is 2.70 bits per heavy atom. The third kappa shape index (κ3) is 4.71. The highest BCUT2D eigenvalue weighted by molar-refractivity contribution is 5.73. The maximum Gasteiger partial charge on any atom is 0.317 e. The quantitative estimate of drug-likeness (QED) is 0.917. The Labute approximate surface area is 135 Å². The lowest BCUT2D eigenvalue weighted by molar-refractivity contribution is 0.206. The van der Waals surface area contributed by atoms with Crippen LogP contribution in [0.25, 0.3) is 0 Å². The van der Waals surface area contributed by atoms with E-state index in [0.717, 1.165) is 16.9 Å². The molecule has 0 fully saturated rings. The van der Waals surface area contributed by atoms with Crippen LogP contribution in [0.1, 0.15) is 16.7 Å². The van der Waals surface area contributed by atoms with E-state index in [0.29, 0.717) is 18.7 Å². The Kier molecular flexibility index (Phi) is 5.57. The van der Waals surface area contributed by atoms with Crippen molar-refractivity contribution in [2.75, 3.05) is 14.2 Å². The summed E-state index contributed by atoms with van der Waals surface area (Å²) in [6, 6.07) is 12.3. The molecule has 0 saturated carbocycles. The van der Waals surface area contributed by atoms with Gasteiger partial charge >= 0.3 is 6.03 Å². The summed E-state index contributed by atoms with van der Waals surface area (Å²) in [6.45, 7) is 2.46. The SMILES string of the molecule is COc1cccc(CN(C)C(=O)NCc2ccc(C)c(F)c2)c1. The number of carbonyl (C=O) groups excluding carboxylic acids is 1. The number of amides is 2. The Morgan fingerprint density at radius 2 is 2.00 bits per heavy atom. The molecule has 23 heavy (non-hydrogen) atoms. The lowest BCUT2D eigenvalue weighted by Gasteiger charge is -2.18. The molecule has 2 rings (SSSR count). The number of ether oxygens (including phenoxy) is 1. The highest BCUT2D eigenvalue weighted by Gasteiger charge is 2.09. The molecule has 0 saturated heterocycles. The number of hydrogen-bond donors (Lipinski definition) is 1. The molecule has 1 N–H and O–H groups in total. The molecule has 122 valence electrons. The molecule has 5 heteroatoms. The number of aryl methyl sites for hydroxylation is 1. The molecule has 0 aliphatic heterocycles. The number of urea groups is 1. The molecule has 2 aromatic rings. The molecule has 0 aliphatic rings. The molecule has 0 aromatic heterocycles. The zero-order valence-corrected chi connectivity index (χ0v) is 13.6. The largest absolute Gasteiger partial charge is 0.497 e. The summed E-state index contributed by atoms with van der Waals surface area (Å²) in [7, 11) is 3.32. The Morgan fingerprint density at radius 1 is 1.22 bits per heavy atom. The van der Waals surface area contributed by atoms with Crippen molar-refractivity contribution < 1.29 is 13.9 Å². The van der Waals surface area contributed by atoms with Crippen LogP contribution in [0, 0.1) is 12.7 Å². The molecule has 0 atom stereocenters. The molecule has 0 heterocycles. The zero-order valence-electron chi connectivity index (χ0n) is 13.6. The molecule has 4 nitrogen and oxygen atoms in total. The van der Waals surface area contributed by atoms with E-state index < -0.39 is 0 Å². The standard InChI is InChI=1S/C18H21FN2O2/c1-13-7-8-14(10-17(13)19)11-20-18(22)21(2)12-15-5-4-6-16(9-15)23-3/h4-10H,11-12H2,1-3H3,(H,20,22). The van der Waals surface area contributed by atoms with Gasteiger partial charge in [0, 0.05) is 20.1 Å². The van der Waals surface area contributed by atoms with Crippen molar-refractivity contribution >= 4 is 6.03 Å². The molecule has 0 bridgehead atoms. The Bertz CT molecular complexity index is 688. The molecular weight excluding hydrogens is 295 g/mol. The van der Waals surface area contributed by atoms with E-state index in [1.54, 1.807) is 38.1 Å². The molecule has 2 amide bonds. The smallest absolute Gasteiger partial charge is 0.317 e. The molecule has 0 unspecified atom stereocenters. The second-order valence-corrected chi connectivity index (χ2v) is 5.45. The highest BCUT2D eigenvalue weighted by Crippen LogP contribution is 2.14. The van der Waals surface area contributed by atoms with Gasteiger partial charge in [-0.3, -0.25) is 0 Å². The summed E-state index contributed by atoms with van der Waals surface area (Å²) in [5.41, 5.74) is 2.30. The second kappa shape index (κ2) is 7.63. The summed E-state index contributed by atoms with van der Waals surface area (Å²) in [5, 5.41) is 2.78. The van der Waals surface area contributed by atoms with Gasteiger partial charge in [0.15, 0.2) is 0 Å². The highest BCUT2D eigenvalue weighted by atomic mass is 19.1. The van der Waals surface area contributed by atoms with Crippen LogP contribution < -0.4 is 10.1 Å². The minimum absolute atomic E-state index is 0.214. The predicted octanol–water partition coefficient (Wildman–Crippen LogP) is 3.48. The topological polar surface area (TPSA) is 41.6 Å². The Hall–Kier alpha value is -2.56. The molecule has 0 aliphatic carbocycles. The van der Waals surface area contributed by atoms with Crippen LogP contribution in [-0.2, 0) is 13.1 Å². The minimum atomic E-state index is -0.263. The Balaban J connectivity index is 1.90. The first-order valence-electron chi connectivity index (χ1n) is 7.36. The van der Waals surface area contributed by atoms with Gasteiger partial charge in [-0.05, 0) is 41.8 Å². The van der Waals surface area contributed by atoms with Crippen molar-refractivity contribution in [1.82, 2.24) is 10.2 Å². The van der Waals surface area contributed by atoms with Gasteiger partial charge in [-0.1, -0.05) is 24.3 Å². The summed E-state index contributed by atoms with van der Waals surface area (Å²) < 4.78 is 18.7. The fourth-order valence-electron chi connectivity index (χ4n) is 2.18. The molecular formula is C18H21FN2O2. The van der Waals surface area contributed by atoms with Crippen molar-refractivity contribution in [3.8, 4) is 5.75 Å². The van der Waals surface area contributed by atoms with Gasteiger partial charge < -0.3 is 15.0 Å². The van der Waals surface area contributed by atoms with Crippen LogP contribution in [0.2, 0.25) is 0 Å². The van der Waals surface area contributed by atoms with Gasteiger partial charge in [0.1, 0.15) is 11.6 Å². The van der Waals surface area contributed by atoms with Crippen LogP contribution in [0.4, 0.5) is 9.18 Å². The molecule has 0 spiro atoms. The summed E-state index contributed by atoms with van der Waals surface area (Å²) in [5.74, 6) is 0.493. The average molecular weight is 316 g/mol. The van der Waals surface area contributed by atoms with Crippen LogP contribution in [0.5, 0.6) is 5.75 Å². The van der Waals surface area contributed by atoms with Crippen LogP contribution in [-0.4, -0.2) is 25.1 Å². The number of nitrogens with zero attached hydrogens (tertiary/aromatic N) is 1. The van der Waals surface area contributed by atoms with Gasteiger partial charge in [0.05, 0.1) is 7.11 Å². The van der Waals surface area contributed by atoms with Crippen LogP contribution >= 0.6 is 0 Å². The number of hydrogen-bond acceptors (Lipinski definition) is 2. The van der Waals surface area contributed by atoms with Crippen molar-refractivity contribution in [1.29, 1.82) is 0 Å². The normalized spacial score (nSPS) is 10.3. The van der Waals surface area contributed by atoms with Crippen molar-refractivity contribution in [3.63, 3.8) is 0 Å². The number of benzene rings is 2. The first-order chi connectivity index (χ1) is 11.0. The number of rotatable bonds is 5. The maximum absolute atomic E-state index is 13.5. The number of methoxy groups -OCH3 is 1. The van der Waals surface area contributed by atoms with Gasteiger partial charge in [-0.25, -0.2) is 9.18 Å². The lowest BCUT2D eigenvalue weighted by atomic mass is 10.1. The third-order valence-electron chi connectivity index (χ3n) is 3.58. The fraction of sp³-hybridized carbons (Fsp3) is 0.278. The minimum Gasteiger partial charge on any atom is -0.497 e. The van der Waals surface area contributed by atoms with E-state index in [-0.39, 0.29) is 11.8 Å². The third-order valence-corrected chi connectivity index (χ3v) is 3.58. The van der Waals surface area contributed by atoms with Gasteiger partial charge in [-0.2, -0.15) is 0 Å². The van der Waals surface area contributed by atoms with Crippen molar-refractivity contribution in [2.45, 2.75) is 20.0 Å². The first-order valence-corrected chi connectivity index (χ1v) is 7.36. The van der Waals surface area contributed by atoms with E-state index in [1.807, 2.05) is 24.3 Å². The number of carbonyl (C=O) groups is 1. The first kappa shape index (κ1) is 16.8. The van der Waals surface area contributed by atoms with E-state index >= 15 is 0 Å². The van der Waals surface area contributed by atoms with Crippen molar-refractivity contribution in [2.24, 2.45) is 0 Å². The number of nitrogens with one attached hydrogen (secondary N) is 1. The van der Waals surface area contributed by atoms with Crippen molar-refractivity contribution in [3.05, 3.63) is 65.0 Å². The van der Waals surface area contributed by atoms with Gasteiger partial charge in [0.25, 0.3) is 0 Å². The van der Waals surface area contributed by atoms with E-state index in [9.17, 15) is 9.18 Å². The predicted molar refractivity (Wildman–Crippen MR) is 87.8 cm³/mol. The molecule has 2 aromatic carbocycles. The van der Waals surface area contributed by atoms with E-state index in [1.165, 1.54) is 6.07 Å². The second-order valence-electron chi connectivity index (χ2n) is 5.45. The van der Waals surface area contributed by atoms with E-state index in [4.69, 9.17) is 4.74 Å². The lowest BCUT2D eigenvalue weighted by Crippen LogP contribution is -2.36. The van der Waals surface area contributed by atoms with Crippen LogP contribution in [0.3, 0.4) is 0 Å². The summed E-state index contributed by atoms with van der Waals surface area (Å²) in [4.78, 5) is 13.7. The monoisotopic (exact) mass is 316 g/mol. The number of halogens is 1. The zero-order chi connectivity index (χ0) is 16.8. The van der Waals surface area contributed by atoms with Gasteiger partial charge in [-0.15, -0.1) is 0 Å². The summed E-state index contributed by atoms with van der Waals surface area (Å²) in [6.07, 6.45) is 0.